The van der Waals surface area contributed by atoms with Gasteiger partial charge in [0.25, 0.3) is 0 Å². The van der Waals surface area contributed by atoms with E-state index >= 15 is 0 Å². The van der Waals surface area contributed by atoms with E-state index < -0.39 is 0 Å². The molecule has 0 aromatic heterocycles. The van der Waals surface area contributed by atoms with Crippen LogP contribution < -0.4 is 10.6 Å². The SMILES string of the molecule is CC(CSc1ccccc1)C(=O)NCC1CNCC1O.Cl. The van der Waals surface area contributed by atoms with Crippen molar-refractivity contribution in [1.29, 1.82) is 0 Å². The van der Waals surface area contributed by atoms with E-state index in [-0.39, 0.29) is 36.3 Å². The zero-order valence-corrected chi connectivity index (χ0v) is 13.8. The minimum absolute atomic E-state index is 0. The normalized spacial score (nSPS) is 22.4. The van der Waals surface area contributed by atoms with Gasteiger partial charge in [0.05, 0.1) is 6.10 Å². The number of hydrogen-bond donors (Lipinski definition) is 3. The molecule has 0 spiro atoms. The molecule has 1 aliphatic heterocycles. The highest BCUT2D eigenvalue weighted by atomic mass is 35.5. The summed E-state index contributed by atoms with van der Waals surface area (Å²) in [5, 5.41) is 15.7. The Labute approximate surface area is 136 Å². The Morgan fingerprint density at radius 2 is 2.14 bits per heavy atom. The van der Waals surface area contributed by atoms with Crippen LogP contribution in [0.2, 0.25) is 0 Å². The molecule has 1 saturated heterocycles. The molecular formula is C15H23ClN2O2S. The largest absolute Gasteiger partial charge is 0.391 e. The number of hydrogen-bond acceptors (Lipinski definition) is 4. The Kier molecular flexibility index (Phi) is 8.11. The van der Waals surface area contributed by atoms with Gasteiger partial charge in [0.15, 0.2) is 0 Å². The Morgan fingerprint density at radius 1 is 1.43 bits per heavy atom. The number of β-amino-alcohol motifs (C(OH)–C–C–N with tert-alkyl or cyclic N) is 1. The van der Waals surface area contributed by atoms with E-state index in [1.165, 1.54) is 4.90 Å². The van der Waals surface area contributed by atoms with Gasteiger partial charge in [-0.1, -0.05) is 25.1 Å². The number of carbonyl (C=O) groups is 1. The molecule has 0 aliphatic carbocycles. The summed E-state index contributed by atoms with van der Waals surface area (Å²) < 4.78 is 0. The van der Waals surface area contributed by atoms with E-state index in [4.69, 9.17) is 0 Å². The zero-order valence-electron chi connectivity index (χ0n) is 12.1. The summed E-state index contributed by atoms with van der Waals surface area (Å²) in [6.45, 7) is 3.89. The van der Waals surface area contributed by atoms with E-state index in [2.05, 4.69) is 22.8 Å². The maximum Gasteiger partial charge on any atom is 0.223 e. The average Bonchev–Trinajstić information content (AvgIpc) is 2.88. The average molecular weight is 331 g/mol. The van der Waals surface area contributed by atoms with Gasteiger partial charge in [-0.05, 0) is 12.1 Å². The van der Waals surface area contributed by atoms with Crippen molar-refractivity contribution < 1.29 is 9.90 Å². The van der Waals surface area contributed by atoms with Crippen molar-refractivity contribution in [3.8, 4) is 0 Å². The number of rotatable bonds is 6. The van der Waals surface area contributed by atoms with Gasteiger partial charge in [0, 0.05) is 42.1 Å². The lowest BCUT2D eigenvalue weighted by molar-refractivity contribution is -0.124. The Balaban J connectivity index is 0.00000220. The second-order valence-electron chi connectivity index (χ2n) is 5.26. The summed E-state index contributed by atoms with van der Waals surface area (Å²) in [5.41, 5.74) is 0. The van der Waals surface area contributed by atoms with Gasteiger partial charge in [0.2, 0.25) is 5.91 Å². The molecule has 3 unspecified atom stereocenters. The molecule has 0 saturated carbocycles. The number of amides is 1. The van der Waals surface area contributed by atoms with Crippen molar-refractivity contribution in [3.05, 3.63) is 30.3 Å². The number of benzene rings is 1. The van der Waals surface area contributed by atoms with Crippen LogP contribution >= 0.6 is 24.2 Å². The lowest BCUT2D eigenvalue weighted by Gasteiger charge is -2.16. The van der Waals surface area contributed by atoms with E-state index in [0.29, 0.717) is 13.1 Å². The number of thioether (sulfide) groups is 1. The first-order valence-corrected chi connectivity index (χ1v) is 7.99. The number of carbonyl (C=O) groups excluding carboxylic acids is 1. The summed E-state index contributed by atoms with van der Waals surface area (Å²) in [7, 11) is 0. The zero-order chi connectivity index (χ0) is 14.4. The lowest BCUT2D eigenvalue weighted by atomic mass is 10.1. The molecule has 1 aromatic carbocycles. The standard InChI is InChI=1S/C15H22N2O2S.ClH/c1-11(10-20-13-5-3-2-4-6-13)15(19)17-8-12-7-16-9-14(12)18;/h2-6,11-12,14,16,18H,7-10H2,1H3,(H,17,19);1H. The summed E-state index contributed by atoms with van der Waals surface area (Å²) in [5.74, 6) is 0.925. The number of aliphatic hydroxyl groups is 1. The van der Waals surface area contributed by atoms with Crippen molar-refractivity contribution >= 4 is 30.1 Å². The van der Waals surface area contributed by atoms with Crippen LogP contribution in [0.1, 0.15) is 6.92 Å². The molecule has 3 N–H and O–H groups in total. The molecule has 6 heteroatoms. The fourth-order valence-corrected chi connectivity index (χ4v) is 3.09. The molecule has 1 aliphatic rings. The van der Waals surface area contributed by atoms with E-state index in [9.17, 15) is 9.90 Å². The van der Waals surface area contributed by atoms with Gasteiger partial charge in [-0.25, -0.2) is 0 Å². The van der Waals surface area contributed by atoms with Crippen LogP contribution in [0.3, 0.4) is 0 Å². The third-order valence-electron chi connectivity index (χ3n) is 3.53. The smallest absolute Gasteiger partial charge is 0.223 e. The van der Waals surface area contributed by atoms with Crippen molar-refractivity contribution in [1.82, 2.24) is 10.6 Å². The van der Waals surface area contributed by atoms with Gasteiger partial charge in [0.1, 0.15) is 0 Å². The van der Waals surface area contributed by atoms with Crippen LogP contribution in [0.4, 0.5) is 0 Å². The van der Waals surface area contributed by atoms with Gasteiger partial charge in [-0.15, -0.1) is 24.2 Å². The van der Waals surface area contributed by atoms with Crippen molar-refractivity contribution in [2.75, 3.05) is 25.4 Å². The minimum Gasteiger partial charge on any atom is -0.391 e. The molecule has 0 radical (unpaired) electrons. The molecule has 2 rings (SSSR count). The maximum absolute atomic E-state index is 12.0. The second-order valence-corrected chi connectivity index (χ2v) is 6.35. The predicted octanol–water partition coefficient (Wildman–Crippen LogP) is 1.53. The topological polar surface area (TPSA) is 61.4 Å². The van der Waals surface area contributed by atoms with Gasteiger partial charge in [-0.2, -0.15) is 0 Å². The number of halogens is 1. The van der Waals surface area contributed by atoms with Crippen molar-refractivity contribution in [2.45, 2.75) is 17.9 Å². The highest BCUT2D eigenvalue weighted by Gasteiger charge is 2.25. The van der Waals surface area contributed by atoms with Crippen LogP contribution in [0.25, 0.3) is 0 Å². The summed E-state index contributed by atoms with van der Waals surface area (Å²) >= 11 is 1.69. The Morgan fingerprint density at radius 3 is 2.76 bits per heavy atom. The Bertz CT molecular complexity index is 433. The van der Waals surface area contributed by atoms with E-state index in [1.807, 2.05) is 25.1 Å². The molecule has 1 heterocycles. The molecule has 3 atom stereocenters. The third kappa shape index (κ3) is 5.87. The summed E-state index contributed by atoms with van der Waals surface area (Å²) in [4.78, 5) is 13.2. The first kappa shape index (κ1) is 18.3. The number of aliphatic hydroxyl groups excluding tert-OH is 1. The predicted molar refractivity (Wildman–Crippen MR) is 89.0 cm³/mol. The molecule has 21 heavy (non-hydrogen) atoms. The van der Waals surface area contributed by atoms with Crippen LogP contribution in [0.5, 0.6) is 0 Å². The summed E-state index contributed by atoms with van der Waals surface area (Å²) in [6, 6.07) is 10.1. The van der Waals surface area contributed by atoms with Gasteiger partial charge in [-0.3, -0.25) is 4.79 Å². The molecule has 1 fully saturated rings. The number of nitrogens with one attached hydrogen (secondary N) is 2. The van der Waals surface area contributed by atoms with E-state index in [0.717, 1.165) is 12.3 Å². The molecule has 1 aromatic rings. The van der Waals surface area contributed by atoms with E-state index in [1.54, 1.807) is 11.8 Å². The fourth-order valence-electron chi connectivity index (χ4n) is 2.15. The maximum atomic E-state index is 12.0. The molecule has 1 amide bonds. The van der Waals surface area contributed by atoms with Gasteiger partial charge >= 0.3 is 0 Å². The quantitative estimate of drug-likeness (QED) is 0.692. The second kappa shape index (κ2) is 9.30. The van der Waals surface area contributed by atoms with Crippen molar-refractivity contribution in [2.24, 2.45) is 11.8 Å². The monoisotopic (exact) mass is 330 g/mol. The van der Waals surface area contributed by atoms with Crippen LogP contribution in [-0.2, 0) is 4.79 Å². The van der Waals surface area contributed by atoms with Crippen LogP contribution in [0, 0.1) is 11.8 Å². The summed E-state index contributed by atoms with van der Waals surface area (Å²) in [6.07, 6.45) is -0.343. The molecular weight excluding hydrogens is 308 g/mol. The first-order chi connectivity index (χ1) is 9.66. The van der Waals surface area contributed by atoms with Gasteiger partial charge < -0.3 is 15.7 Å². The molecule has 4 nitrogen and oxygen atoms in total. The molecule has 118 valence electrons. The molecule has 0 bridgehead atoms. The highest BCUT2D eigenvalue weighted by Crippen LogP contribution is 2.20. The van der Waals surface area contributed by atoms with Crippen molar-refractivity contribution in [3.63, 3.8) is 0 Å². The fraction of sp³-hybridized carbons (Fsp3) is 0.533. The Hall–Kier alpha value is -0.750. The van der Waals surface area contributed by atoms with Crippen LogP contribution in [-0.4, -0.2) is 42.5 Å². The lowest BCUT2D eigenvalue weighted by Crippen LogP contribution is -2.37. The highest BCUT2D eigenvalue weighted by molar-refractivity contribution is 7.99. The first-order valence-electron chi connectivity index (χ1n) is 7.01. The van der Waals surface area contributed by atoms with Crippen LogP contribution in [0.15, 0.2) is 35.2 Å². The third-order valence-corrected chi connectivity index (χ3v) is 4.81. The minimum atomic E-state index is -0.343.